The summed E-state index contributed by atoms with van der Waals surface area (Å²) in [7, 11) is 0. The number of thiazole rings is 1. The summed E-state index contributed by atoms with van der Waals surface area (Å²) in [6, 6.07) is 23.4. The zero-order valence-corrected chi connectivity index (χ0v) is 14.3. The van der Waals surface area contributed by atoms with E-state index < -0.39 is 0 Å². The first kappa shape index (κ1) is 14.9. The van der Waals surface area contributed by atoms with E-state index in [-0.39, 0.29) is 0 Å². The van der Waals surface area contributed by atoms with Crippen molar-refractivity contribution in [3.63, 3.8) is 0 Å². The fraction of sp³-hybridized carbons (Fsp3) is 0.0455. The average molecular weight is 327 g/mol. The van der Waals surface area contributed by atoms with Crippen LogP contribution in [0.3, 0.4) is 0 Å². The summed E-state index contributed by atoms with van der Waals surface area (Å²) < 4.78 is 0. The van der Waals surface area contributed by atoms with Crippen LogP contribution in [0, 0.1) is 6.92 Å². The lowest BCUT2D eigenvalue weighted by Gasteiger charge is -2.01. The molecule has 0 saturated heterocycles. The fourth-order valence-electron chi connectivity index (χ4n) is 2.78. The van der Waals surface area contributed by atoms with Crippen LogP contribution >= 0.6 is 11.3 Å². The second-order valence-electron chi connectivity index (χ2n) is 5.84. The largest absolute Gasteiger partial charge is 0.237 e. The molecule has 0 aliphatic rings. The molecular formula is C22H17NS. The van der Waals surface area contributed by atoms with Gasteiger partial charge >= 0.3 is 0 Å². The summed E-state index contributed by atoms with van der Waals surface area (Å²) in [5, 5.41) is 5.68. The van der Waals surface area contributed by atoms with Crippen molar-refractivity contribution in [2.45, 2.75) is 6.92 Å². The summed E-state index contributed by atoms with van der Waals surface area (Å²) in [5.41, 5.74) is 4.70. The lowest BCUT2D eigenvalue weighted by molar-refractivity contribution is 1.37. The Hall–Kier alpha value is -2.71. The van der Waals surface area contributed by atoms with E-state index in [1.807, 2.05) is 0 Å². The highest BCUT2D eigenvalue weighted by atomic mass is 32.1. The predicted molar refractivity (Wildman–Crippen MR) is 105 cm³/mol. The average Bonchev–Trinajstić information content (AvgIpc) is 3.09. The van der Waals surface area contributed by atoms with Crippen LogP contribution in [0.5, 0.6) is 0 Å². The van der Waals surface area contributed by atoms with Crippen LogP contribution in [-0.2, 0) is 0 Å². The normalized spacial score (nSPS) is 11.4. The first-order valence-electron chi connectivity index (χ1n) is 7.98. The third kappa shape index (κ3) is 3.01. The summed E-state index contributed by atoms with van der Waals surface area (Å²) in [4.78, 5) is 4.74. The number of aryl methyl sites for hydroxylation is 1. The van der Waals surface area contributed by atoms with Crippen LogP contribution in [0.4, 0.5) is 0 Å². The molecule has 0 spiro atoms. The predicted octanol–water partition coefficient (Wildman–Crippen LogP) is 6.44. The van der Waals surface area contributed by atoms with Crippen LogP contribution in [-0.4, -0.2) is 4.98 Å². The van der Waals surface area contributed by atoms with Crippen molar-refractivity contribution in [1.82, 2.24) is 4.98 Å². The zero-order chi connectivity index (χ0) is 16.4. The van der Waals surface area contributed by atoms with Crippen LogP contribution in [0.2, 0.25) is 0 Å². The van der Waals surface area contributed by atoms with Crippen molar-refractivity contribution in [2.75, 3.05) is 0 Å². The van der Waals surface area contributed by atoms with Gasteiger partial charge in [0.15, 0.2) is 0 Å². The molecule has 0 aliphatic heterocycles. The van der Waals surface area contributed by atoms with E-state index in [2.05, 4.69) is 91.2 Å². The Bertz CT molecular complexity index is 1000. The van der Waals surface area contributed by atoms with Crippen LogP contribution in [0.15, 0.2) is 72.1 Å². The summed E-state index contributed by atoms with van der Waals surface area (Å²) in [5.74, 6) is 0. The minimum atomic E-state index is 1.03. The number of rotatable bonds is 3. The van der Waals surface area contributed by atoms with E-state index in [9.17, 15) is 0 Å². The zero-order valence-electron chi connectivity index (χ0n) is 13.4. The van der Waals surface area contributed by atoms with E-state index in [0.717, 1.165) is 10.7 Å². The Morgan fingerprint density at radius 2 is 1.62 bits per heavy atom. The standard InChI is InChI=1S/C22H17NS/c1-16-9-11-19(12-10-16)21-15-24-22(23-21)14-13-18-7-4-6-17-5-2-3-8-20(17)18/h2-15H,1H3. The second kappa shape index (κ2) is 6.42. The summed E-state index contributed by atoms with van der Waals surface area (Å²) in [6.45, 7) is 2.10. The molecule has 1 aromatic heterocycles. The van der Waals surface area contributed by atoms with Crippen molar-refractivity contribution in [2.24, 2.45) is 0 Å². The second-order valence-corrected chi connectivity index (χ2v) is 6.73. The molecule has 0 N–H and O–H groups in total. The van der Waals surface area contributed by atoms with E-state index in [1.165, 1.54) is 27.5 Å². The third-order valence-electron chi connectivity index (χ3n) is 4.10. The minimum Gasteiger partial charge on any atom is -0.237 e. The monoisotopic (exact) mass is 327 g/mol. The molecule has 0 atom stereocenters. The lowest BCUT2D eigenvalue weighted by Crippen LogP contribution is -1.79. The van der Waals surface area contributed by atoms with Gasteiger partial charge in [0.25, 0.3) is 0 Å². The number of hydrogen-bond donors (Lipinski definition) is 0. The highest BCUT2D eigenvalue weighted by Crippen LogP contribution is 2.25. The SMILES string of the molecule is Cc1ccc(-c2csc(C=Cc3cccc4ccccc34)n2)cc1. The van der Waals surface area contributed by atoms with Gasteiger partial charge in [-0.1, -0.05) is 78.4 Å². The lowest BCUT2D eigenvalue weighted by atomic mass is 10.0. The van der Waals surface area contributed by atoms with Crippen LogP contribution in [0.1, 0.15) is 16.1 Å². The van der Waals surface area contributed by atoms with E-state index in [0.29, 0.717) is 0 Å². The number of hydrogen-bond acceptors (Lipinski definition) is 2. The van der Waals surface area contributed by atoms with Gasteiger partial charge in [-0.3, -0.25) is 0 Å². The summed E-state index contributed by atoms with van der Waals surface area (Å²) >= 11 is 1.68. The molecule has 0 unspecified atom stereocenters. The third-order valence-corrected chi connectivity index (χ3v) is 4.91. The molecule has 0 radical (unpaired) electrons. The van der Waals surface area contributed by atoms with Gasteiger partial charge in [0.2, 0.25) is 0 Å². The molecular weight excluding hydrogens is 310 g/mol. The van der Waals surface area contributed by atoms with Crippen molar-refractivity contribution in [3.8, 4) is 11.3 Å². The molecule has 4 rings (SSSR count). The van der Waals surface area contributed by atoms with Gasteiger partial charge < -0.3 is 0 Å². The van der Waals surface area contributed by atoms with E-state index in [4.69, 9.17) is 4.98 Å². The number of aromatic nitrogens is 1. The van der Waals surface area contributed by atoms with E-state index in [1.54, 1.807) is 11.3 Å². The molecule has 4 aromatic rings. The molecule has 0 saturated carbocycles. The van der Waals surface area contributed by atoms with Gasteiger partial charge in [0.05, 0.1) is 5.69 Å². The van der Waals surface area contributed by atoms with Gasteiger partial charge in [-0.15, -0.1) is 11.3 Å². The van der Waals surface area contributed by atoms with Crippen molar-refractivity contribution >= 4 is 34.3 Å². The molecule has 0 bridgehead atoms. The fourth-order valence-corrected chi connectivity index (χ4v) is 3.50. The van der Waals surface area contributed by atoms with Gasteiger partial charge in [-0.25, -0.2) is 4.98 Å². The maximum absolute atomic E-state index is 4.74. The molecule has 0 fully saturated rings. The Morgan fingerprint density at radius 3 is 2.50 bits per heavy atom. The van der Waals surface area contributed by atoms with Gasteiger partial charge in [0.1, 0.15) is 5.01 Å². The molecule has 24 heavy (non-hydrogen) atoms. The molecule has 1 heterocycles. The van der Waals surface area contributed by atoms with Gasteiger partial charge in [-0.2, -0.15) is 0 Å². The maximum Gasteiger partial charge on any atom is 0.116 e. The van der Waals surface area contributed by atoms with E-state index >= 15 is 0 Å². The van der Waals surface area contributed by atoms with Crippen molar-refractivity contribution in [3.05, 3.63) is 88.2 Å². The molecule has 3 aromatic carbocycles. The smallest absolute Gasteiger partial charge is 0.116 e. The Balaban J connectivity index is 1.63. The highest BCUT2D eigenvalue weighted by molar-refractivity contribution is 7.10. The van der Waals surface area contributed by atoms with Crippen molar-refractivity contribution in [1.29, 1.82) is 0 Å². The van der Waals surface area contributed by atoms with Crippen LogP contribution < -0.4 is 0 Å². The Labute approximate surface area is 145 Å². The van der Waals surface area contributed by atoms with Gasteiger partial charge in [0, 0.05) is 10.9 Å². The van der Waals surface area contributed by atoms with Crippen molar-refractivity contribution < 1.29 is 0 Å². The molecule has 116 valence electrons. The first-order chi connectivity index (χ1) is 11.8. The minimum absolute atomic E-state index is 1.03. The number of nitrogens with zero attached hydrogens (tertiary/aromatic N) is 1. The topological polar surface area (TPSA) is 12.9 Å². The molecule has 1 nitrogen and oxygen atoms in total. The quantitative estimate of drug-likeness (QED) is 0.422. The first-order valence-corrected chi connectivity index (χ1v) is 8.86. The van der Waals surface area contributed by atoms with Gasteiger partial charge in [-0.05, 0) is 29.3 Å². The maximum atomic E-state index is 4.74. The number of benzene rings is 3. The molecule has 0 amide bonds. The Morgan fingerprint density at radius 1 is 0.833 bits per heavy atom. The number of fused-ring (bicyclic) bond motifs is 1. The van der Waals surface area contributed by atoms with Crippen LogP contribution in [0.25, 0.3) is 34.2 Å². The Kier molecular flexibility index (Phi) is 3.97. The molecule has 0 aliphatic carbocycles. The summed E-state index contributed by atoms with van der Waals surface area (Å²) in [6.07, 6.45) is 4.25. The molecule has 2 heteroatoms. The highest BCUT2D eigenvalue weighted by Gasteiger charge is 2.03.